The van der Waals surface area contributed by atoms with Crippen molar-refractivity contribution in [3.8, 4) is 5.75 Å². The molecule has 4 nitrogen and oxygen atoms in total. The van der Waals surface area contributed by atoms with Gasteiger partial charge in [-0.3, -0.25) is 4.79 Å². The van der Waals surface area contributed by atoms with Crippen LogP contribution in [0.15, 0.2) is 53.6 Å². The summed E-state index contributed by atoms with van der Waals surface area (Å²) in [6, 6.07) is 15.4. The molecule has 114 valence electrons. The highest BCUT2D eigenvalue weighted by atomic mass is 16.5. The normalized spacial score (nSPS) is 11.1. The number of ether oxygens (including phenoxy) is 1. The number of amides is 1. The Morgan fingerprint density at radius 2 is 1.73 bits per heavy atom. The number of nitrogens with one attached hydrogen (secondary N) is 1. The molecule has 4 heteroatoms. The first kappa shape index (κ1) is 15.8. The van der Waals surface area contributed by atoms with Gasteiger partial charge in [-0.1, -0.05) is 42.0 Å². The SMILES string of the molecule is COc1ccc(CC(=O)NN=C(C)c2ccc(C)cc2)cc1. The van der Waals surface area contributed by atoms with Crippen molar-refractivity contribution >= 4 is 11.6 Å². The topological polar surface area (TPSA) is 50.7 Å². The fourth-order valence-electron chi connectivity index (χ4n) is 1.97. The number of rotatable bonds is 5. The smallest absolute Gasteiger partial charge is 0.244 e. The zero-order valence-corrected chi connectivity index (χ0v) is 13.1. The van der Waals surface area contributed by atoms with E-state index >= 15 is 0 Å². The minimum Gasteiger partial charge on any atom is -0.497 e. The van der Waals surface area contributed by atoms with Gasteiger partial charge in [-0.2, -0.15) is 5.10 Å². The molecule has 1 amide bonds. The average Bonchev–Trinajstić information content (AvgIpc) is 2.54. The van der Waals surface area contributed by atoms with Crippen molar-refractivity contribution < 1.29 is 9.53 Å². The Labute approximate surface area is 130 Å². The first-order valence-corrected chi connectivity index (χ1v) is 7.11. The molecule has 22 heavy (non-hydrogen) atoms. The van der Waals surface area contributed by atoms with Crippen LogP contribution in [0.5, 0.6) is 5.75 Å². The van der Waals surface area contributed by atoms with Gasteiger partial charge < -0.3 is 4.74 Å². The van der Waals surface area contributed by atoms with Crippen LogP contribution in [-0.4, -0.2) is 18.7 Å². The van der Waals surface area contributed by atoms with Crippen molar-refractivity contribution in [1.82, 2.24) is 5.43 Å². The molecule has 0 aliphatic carbocycles. The molecule has 0 bridgehead atoms. The van der Waals surface area contributed by atoms with Gasteiger partial charge in [-0.05, 0) is 37.1 Å². The van der Waals surface area contributed by atoms with E-state index in [1.165, 1.54) is 5.56 Å². The molecule has 2 aromatic carbocycles. The average molecular weight is 296 g/mol. The zero-order valence-electron chi connectivity index (χ0n) is 13.1. The Morgan fingerprint density at radius 1 is 1.09 bits per heavy atom. The maximum Gasteiger partial charge on any atom is 0.244 e. The van der Waals surface area contributed by atoms with Crippen molar-refractivity contribution in [2.45, 2.75) is 20.3 Å². The number of aryl methyl sites for hydroxylation is 1. The van der Waals surface area contributed by atoms with Crippen molar-refractivity contribution in [3.05, 3.63) is 65.2 Å². The summed E-state index contributed by atoms with van der Waals surface area (Å²) in [6.07, 6.45) is 0.286. The van der Waals surface area contributed by atoms with Gasteiger partial charge in [0.2, 0.25) is 5.91 Å². The molecule has 0 atom stereocenters. The summed E-state index contributed by atoms with van der Waals surface area (Å²) >= 11 is 0. The number of methoxy groups -OCH3 is 1. The van der Waals surface area contributed by atoms with E-state index in [9.17, 15) is 4.79 Å². The third-order valence-corrected chi connectivity index (χ3v) is 3.34. The summed E-state index contributed by atoms with van der Waals surface area (Å²) in [5, 5.41) is 4.15. The van der Waals surface area contributed by atoms with Gasteiger partial charge in [0.15, 0.2) is 0 Å². The summed E-state index contributed by atoms with van der Waals surface area (Å²) in [6.45, 7) is 3.91. The van der Waals surface area contributed by atoms with Crippen LogP contribution in [0, 0.1) is 6.92 Å². The number of hydrogen-bond donors (Lipinski definition) is 1. The summed E-state index contributed by atoms with van der Waals surface area (Å²) in [7, 11) is 1.62. The summed E-state index contributed by atoms with van der Waals surface area (Å²) in [4.78, 5) is 11.9. The molecule has 0 aromatic heterocycles. The third kappa shape index (κ3) is 4.45. The predicted octanol–water partition coefficient (Wildman–Crippen LogP) is 3.09. The zero-order chi connectivity index (χ0) is 15.9. The van der Waals surface area contributed by atoms with Crippen LogP contribution in [0.25, 0.3) is 0 Å². The van der Waals surface area contributed by atoms with E-state index in [2.05, 4.69) is 10.5 Å². The van der Waals surface area contributed by atoms with Crippen LogP contribution in [0.2, 0.25) is 0 Å². The second-order valence-electron chi connectivity index (χ2n) is 5.12. The number of hydrazone groups is 1. The standard InChI is InChI=1S/C18H20N2O2/c1-13-4-8-16(9-5-13)14(2)19-20-18(21)12-15-6-10-17(22-3)11-7-15/h4-11H,12H2,1-3H3,(H,20,21). The lowest BCUT2D eigenvalue weighted by molar-refractivity contribution is -0.120. The van der Waals surface area contributed by atoms with E-state index in [1.54, 1.807) is 7.11 Å². The predicted molar refractivity (Wildman–Crippen MR) is 88.2 cm³/mol. The molecule has 2 aromatic rings. The first-order chi connectivity index (χ1) is 10.6. The number of benzene rings is 2. The third-order valence-electron chi connectivity index (χ3n) is 3.34. The number of nitrogens with zero attached hydrogens (tertiary/aromatic N) is 1. The largest absolute Gasteiger partial charge is 0.497 e. The highest BCUT2D eigenvalue weighted by molar-refractivity contribution is 5.99. The molecule has 0 spiro atoms. The lowest BCUT2D eigenvalue weighted by Gasteiger charge is -2.05. The quantitative estimate of drug-likeness (QED) is 0.681. The van der Waals surface area contributed by atoms with Gasteiger partial charge in [0.1, 0.15) is 5.75 Å². The second-order valence-corrected chi connectivity index (χ2v) is 5.12. The number of hydrogen-bond acceptors (Lipinski definition) is 3. The van der Waals surface area contributed by atoms with Crippen molar-refractivity contribution in [3.63, 3.8) is 0 Å². The molecule has 0 aliphatic rings. The van der Waals surface area contributed by atoms with E-state index in [1.807, 2.05) is 62.4 Å². The van der Waals surface area contributed by atoms with Crippen molar-refractivity contribution in [2.75, 3.05) is 7.11 Å². The highest BCUT2D eigenvalue weighted by Crippen LogP contribution is 2.11. The fourth-order valence-corrected chi connectivity index (χ4v) is 1.97. The first-order valence-electron chi connectivity index (χ1n) is 7.11. The lowest BCUT2D eigenvalue weighted by atomic mass is 10.1. The number of carbonyl (C=O) groups excluding carboxylic acids is 1. The van der Waals surface area contributed by atoms with Crippen LogP contribution in [0.4, 0.5) is 0 Å². The lowest BCUT2D eigenvalue weighted by Crippen LogP contribution is -2.21. The van der Waals surface area contributed by atoms with E-state index in [0.29, 0.717) is 0 Å². The minimum absolute atomic E-state index is 0.142. The minimum atomic E-state index is -0.142. The number of carbonyl (C=O) groups is 1. The molecule has 2 rings (SSSR count). The Bertz CT molecular complexity index is 658. The molecule has 0 radical (unpaired) electrons. The van der Waals surface area contributed by atoms with E-state index in [-0.39, 0.29) is 12.3 Å². The van der Waals surface area contributed by atoms with Crippen LogP contribution in [0.1, 0.15) is 23.6 Å². The fraction of sp³-hybridized carbons (Fsp3) is 0.222. The Balaban J connectivity index is 1.93. The van der Waals surface area contributed by atoms with Crippen LogP contribution >= 0.6 is 0 Å². The molecule has 0 heterocycles. The van der Waals surface area contributed by atoms with E-state index in [0.717, 1.165) is 22.6 Å². The maximum absolute atomic E-state index is 11.9. The van der Waals surface area contributed by atoms with E-state index in [4.69, 9.17) is 4.74 Å². The van der Waals surface area contributed by atoms with Gasteiger partial charge in [0, 0.05) is 0 Å². The molecule has 0 aliphatic heterocycles. The van der Waals surface area contributed by atoms with Gasteiger partial charge >= 0.3 is 0 Å². The van der Waals surface area contributed by atoms with Gasteiger partial charge in [-0.25, -0.2) is 5.43 Å². The monoisotopic (exact) mass is 296 g/mol. The molecular formula is C18H20N2O2. The summed E-state index contributed by atoms with van der Waals surface area (Å²) in [5.41, 5.74) is 6.48. The molecule has 0 unspecified atom stereocenters. The van der Waals surface area contributed by atoms with Crippen LogP contribution in [-0.2, 0) is 11.2 Å². The molecule has 0 saturated heterocycles. The van der Waals surface area contributed by atoms with Gasteiger partial charge in [0.05, 0.1) is 19.2 Å². The van der Waals surface area contributed by atoms with Gasteiger partial charge in [0.25, 0.3) is 0 Å². The van der Waals surface area contributed by atoms with E-state index < -0.39 is 0 Å². The van der Waals surface area contributed by atoms with Crippen molar-refractivity contribution in [2.24, 2.45) is 5.10 Å². The van der Waals surface area contributed by atoms with Gasteiger partial charge in [-0.15, -0.1) is 0 Å². The molecule has 1 N–H and O–H groups in total. The summed E-state index contributed by atoms with van der Waals surface area (Å²) in [5.74, 6) is 0.633. The second kappa shape index (κ2) is 7.41. The molecule has 0 fully saturated rings. The van der Waals surface area contributed by atoms with Crippen molar-refractivity contribution in [1.29, 1.82) is 0 Å². The molecule has 0 saturated carbocycles. The Morgan fingerprint density at radius 3 is 2.32 bits per heavy atom. The van der Waals surface area contributed by atoms with Crippen LogP contribution < -0.4 is 10.2 Å². The maximum atomic E-state index is 11.9. The van der Waals surface area contributed by atoms with Crippen LogP contribution in [0.3, 0.4) is 0 Å². The Kier molecular flexibility index (Phi) is 5.31. The Hall–Kier alpha value is -2.62. The highest BCUT2D eigenvalue weighted by Gasteiger charge is 2.03. The molecular weight excluding hydrogens is 276 g/mol. The summed E-state index contributed by atoms with van der Waals surface area (Å²) < 4.78 is 5.09.